The summed E-state index contributed by atoms with van der Waals surface area (Å²) in [6, 6.07) is 19.5. The minimum Gasteiger partial charge on any atom is -0.452 e. The Bertz CT molecular complexity index is 1420. The van der Waals surface area contributed by atoms with E-state index in [1.165, 1.54) is 12.1 Å². The lowest BCUT2D eigenvalue weighted by atomic mass is 10.0. The summed E-state index contributed by atoms with van der Waals surface area (Å²) >= 11 is 0. The number of fused-ring (bicyclic) bond motifs is 1. The summed E-state index contributed by atoms with van der Waals surface area (Å²) in [6.45, 7) is 1.79. The van der Waals surface area contributed by atoms with E-state index in [1.807, 2.05) is 30.3 Å². The molecule has 158 valence electrons. The van der Waals surface area contributed by atoms with Crippen molar-refractivity contribution in [3.63, 3.8) is 0 Å². The third-order valence-electron chi connectivity index (χ3n) is 5.20. The Hall–Kier alpha value is -4.26. The van der Waals surface area contributed by atoms with Crippen molar-refractivity contribution in [2.75, 3.05) is 0 Å². The van der Waals surface area contributed by atoms with Gasteiger partial charge in [-0.05, 0) is 55.0 Å². The van der Waals surface area contributed by atoms with Gasteiger partial charge in [0.05, 0.1) is 23.1 Å². The number of ketones is 1. The molecule has 32 heavy (non-hydrogen) atoms. The predicted octanol–water partition coefficient (Wildman–Crippen LogP) is 5.19. The van der Waals surface area contributed by atoms with Gasteiger partial charge in [-0.3, -0.25) is 4.79 Å². The van der Waals surface area contributed by atoms with Crippen molar-refractivity contribution >= 4 is 11.3 Å². The molecule has 5 aromatic rings. The molecule has 0 saturated heterocycles. The number of pyridine rings is 1. The van der Waals surface area contributed by atoms with E-state index in [2.05, 4.69) is 10.2 Å². The van der Waals surface area contributed by atoms with Crippen LogP contribution >= 0.6 is 0 Å². The van der Waals surface area contributed by atoms with Crippen molar-refractivity contribution in [1.29, 1.82) is 0 Å². The first kappa shape index (κ1) is 19.7. The van der Waals surface area contributed by atoms with Crippen LogP contribution in [0.2, 0.25) is 0 Å². The molecule has 0 saturated carbocycles. The second-order valence-corrected chi connectivity index (χ2v) is 7.41. The number of hydrogen-bond acceptors (Lipinski definition) is 4. The molecule has 0 N–H and O–H groups in total. The molecule has 3 aromatic heterocycles. The molecule has 5 rings (SSSR count). The van der Waals surface area contributed by atoms with E-state index in [-0.39, 0.29) is 18.0 Å². The Morgan fingerprint density at radius 2 is 1.88 bits per heavy atom. The molecule has 0 unspecified atom stereocenters. The van der Waals surface area contributed by atoms with Crippen molar-refractivity contribution in [2.24, 2.45) is 0 Å². The molecule has 0 aliphatic rings. The molecule has 0 aliphatic carbocycles. The van der Waals surface area contributed by atoms with Crippen LogP contribution in [-0.2, 0) is 6.42 Å². The zero-order chi connectivity index (χ0) is 22.1. The fourth-order valence-corrected chi connectivity index (χ4v) is 3.59. The smallest absolute Gasteiger partial charge is 0.170 e. The molecule has 0 atom stereocenters. The highest BCUT2D eigenvalue weighted by Crippen LogP contribution is 2.28. The van der Waals surface area contributed by atoms with Crippen LogP contribution in [-0.4, -0.2) is 25.2 Å². The quantitative estimate of drug-likeness (QED) is 0.351. The van der Waals surface area contributed by atoms with Gasteiger partial charge >= 0.3 is 0 Å². The third kappa shape index (κ3) is 3.76. The molecule has 7 heteroatoms. The van der Waals surface area contributed by atoms with Crippen LogP contribution in [0.25, 0.3) is 11.2 Å². The number of rotatable bonds is 6. The molecular formula is C25H19FN4O2. The number of carbonyl (C=O) groups excluding carboxylic acids is 1. The van der Waals surface area contributed by atoms with E-state index in [1.54, 1.807) is 59.0 Å². The molecule has 3 heterocycles. The number of carbonyl (C=O) groups is 1. The number of aryl methyl sites for hydroxylation is 1. The summed E-state index contributed by atoms with van der Waals surface area (Å²) in [4.78, 5) is 12.9. The fraction of sp³-hybridized carbons (Fsp3) is 0.0800. The number of aromatic nitrogens is 4. The van der Waals surface area contributed by atoms with Gasteiger partial charge in [-0.2, -0.15) is 10.2 Å². The minimum absolute atomic E-state index is 0.0662. The van der Waals surface area contributed by atoms with E-state index in [9.17, 15) is 9.18 Å². The number of para-hydroxylation sites is 1. The Balaban J connectivity index is 1.34. The summed E-state index contributed by atoms with van der Waals surface area (Å²) in [6.07, 6.45) is 5.22. The Morgan fingerprint density at radius 3 is 2.69 bits per heavy atom. The van der Waals surface area contributed by atoms with Crippen molar-refractivity contribution in [3.05, 3.63) is 108 Å². The molecule has 0 spiro atoms. The van der Waals surface area contributed by atoms with E-state index in [0.29, 0.717) is 22.6 Å². The molecular weight excluding hydrogens is 407 g/mol. The Morgan fingerprint density at radius 1 is 1.03 bits per heavy atom. The molecule has 0 bridgehead atoms. The summed E-state index contributed by atoms with van der Waals surface area (Å²) < 4.78 is 23.8. The van der Waals surface area contributed by atoms with E-state index >= 15 is 0 Å². The third-order valence-corrected chi connectivity index (χ3v) is 5.20. The fourth-order valence-electron chi connectivity index (χ4n) is 3.59. The van der Waals surface area contributed by atoms with Gasteiger partial charge in [0.2, 0.25) is 0 Å². The number of Topliss-reactive ketones (excluding diaryl/α,β-unsaturated/α-hetero) is 1. The van der Waals surface area contributed by atoms with E-state index in [4.69, 9.17) is 4.74 Å². The predicted molar refractivity (Wildman–Crippen MR) is 118 cm³/mol. The second kappa shape index (κ2) is 8.11. The first-order chi connectivity index (χ1) is 15.6. The number of hydrogen-bond donors (Lipinski definition) is 0. The number of nitrogens with zero attached hydrogens (tertiary/aromatic N) is 4. The van der Waals surface area contributed by atoms with Gasteiger partial charge in [-0.25, -0.2) is 13.6 Å². The van der Waals surface area contributed by atoms with Gasteiger partial charge in [-0.1, -0.05) is 24.3 Å². The Labute approximate surface area is 183 Å². The highest BCUT2D eigenvalue weighted by molar-refractivity contribution is 5.98. The van der Waals surface area contributed by atoms with Gasteiger partial charge in [0.1, 0.15) is 5.52 Å². The number of benzene rings is 2. The molecule has 6 nitrogen and oxygen atoms in total. The van der Waals surface area contributed by atoms with Crippen LogP contribution in [0.1, 0.15) is 21.6 Å². The lowest BCUT2D eigenvalue weighted by Gasteiger charge is -2.09. The van der Waals surface area contributed by atoms with E-state index < -0.39 is 5.82 Å². The number of ether oxygens (including phenoxy) is 1. The van der Waals surface area contributed by atoms with E-state index in [0.717, 1.165) is 11.2 Å². The van der Waals surface area contributed by atoms with Gasteiger partial charge in [0.25, 0.3) is 0 Å². The van der Waals surface area contributed by atoms with Crippen molar-refractivity contribution in [3.8, 4) is 17.2 Å². The van der Waals surface area contributed by atoms with Crippen molar-refractivity contribution in [1.82, 2.24) is 19.4 Å². The minimum atomic E-state index is -0.534. The zero-order valence-corrected chi connectivity index (χ0v) is 17.3. The highest BCUT2D eigenvalue weighted by Gasteiger charge is 2.16. The Kier molecular flexibility index (Phi) is 4.99. The standard InChI is InChI=1S/C25H19FN4O2/c1-17-20(16-30(28-17)19-6-3-2-4-7-19)23(31)15-18-9-10-24(21(26)14-18)32-25-8-5-13-29-22(25)11-12-27-29/h2-14,16H,15H2,1H3. The van der Waals surface area contributed by atoms with Crippen LogP contribution in [0.3, 0.4) is 0 Å². The van der Waals surface area contributed by atoms with Gasteiger partial charge < -0.3 is 4.74 Å². The number of halogens is 1. The maximum absolute atomic E-state index is 14.7. The normalized spacial score (nSPS) is 11.1. The lowest BCUT2D eigenvalue weighted by Crippen LogP contribution is -2.05. The van der Waals surface area contributed by atoms with Crippen LogP contribution in [0.4, 0.5) is 4.39 Å². The van der Waals surface area contributed by atoms with Gasteiger partial charge in [0.15, 0.2) is 23.1 Å². The summed E-state index contributed by atoms with van der Waals surface area (Å²) in [5, 5.41) is 8.58. The van der Waals surface area contributed by atoms with Crippen LogP contribution in [0, 0.1) is 12.7 Å². The second-order valence-electron chi connectivity index (χ2n) is 7.41. The topological polar surface area (TPSA) is 61.4 Å². The monoisotopic (exact) mass is 426 g/mol. The first-order valence-electron chi connectivity index (χ1n) is 10.1. The average molecular weight is 426 g/mol. The molecule has 0 radical (unpaired) electrons. The summed E-state index contributed by atoms with van der Waals surface area (Å²) in [7, 11) is 0. The van der Waals surface area contributed by atoms with Crippen LogP contribution in [0.5, 0.6) is 11.5 Å². The van der Waals surface area contributed by atoms with Crippen molar-refractivity contribution < 1.29 is 13.9 Å². The maximum atomic E-state index is 14.7. The molecule has 0 amide bonds. The summed E-state index contributed by atoms with van der Waals surface area (Å²) in [5.41, 5.74) is 3.32. The lowest BCUT2D eigenvalue weighted by molar-refractivity contribution is 0.0992. The zero-order valence-electron chi connectivity index (χ0n) is 17.3. The molecule has 0 fully saturated rings. The summed E-state index contributed by atoms with van der Waals surface area (Å²) in [5.74, 6) is -0.0736. The first-order valence-corrected chi connectivity index (χ1v) is 10.1. The molecule has 2 aromatic carbocycles. The maximum Gasteiger partial charge on any atom is 0.170 e. The SMILES string of the molecule is Cc1nn(-c2ccccc2)cc1C(=O)Cc1ccc(Oc2cccn3nccc23)c(F)c1. The molecule has 0 aliphatic heterocycles. The largest absolute Gasteiger partial charge is 0.452 e. The van der Waals surface area contributed by atoms with Gasteiger partial charge in [-0.15, -0.1) is 0 Å². The van der Waals surface area contributed by atoms with Gasteiger partial charge in [0, 0.05) is 18.8 Å². The van der Waals surface area contributed by atoms with Crippen LogP contribution in [0.15, 0.2) is 85.3 Å². The van der Waals surface area contributed by atoms with Crippen LogP contribution < -0.4 is 4.74 Å². The van der Waals surface area contributed by atoms with Crippen molar-refractivity contribution in [2.45, 2.75) is 13.3 Å². The average Bonchev–Trinajstić information content (AvgIpc) is 3.43. The highest BCUT2D eigenvalue weighted by atomic mass is 19.1.